The van der Waals surface area contributed by atoms with Crippen LogP contribution in [0.15, 0.2) is 0 Å². The van der Waals surface area contributed by atoms with Crippen molar-refractivity contribution in [1.82, 2.24) is 0 Å². The van der Waals surface area contributed by atoms with Gasteiger partial charge in [0.25, 0.3) is 0 Å². The molecule has 3 N–H and O–H groups in total. The molecule has 0 spiro atoms. The van der Waals surface area contributed by atoms with Crippen LogP contribution in [0.5, 0.6) is 0 Å². The monoisotopic (exact) mass is 201 g/mol. The fourth-order valence-corrected chi connectivity index (χ4v) is 1.52. The zero-order valence-corrected chi connectivity index (χ0v) is 9.33. The van der Waals surface area contributed by atoms with Crippen LogP contribution in [0, 0.1) is 5.92 Å². The van der Waals surface area contributed by atoms with Gasteiger partial charge in [-0.15, -0.1) is 0 Å². The van der Waals surface area contributed by atoms with Gasteiger partial charge in [0.05, 0.1) is 6.42 Å². The number of carboxylic acid groups (broad SMARTS) is 1. The van der Waals surface area contributed by atoms with Crippen LogP contribution in [-0.2, 0) is 4.79 Å². The van der Waals surface area contributed by atoms with Gasteiger partial charge in [0, 0.05) is 6.04 Å². The third-order valence-corrected chi connectivity index (χ3v) is 2.52. The average molecular weight is 201 g/mol. The molecule has 0 aromatic heterocycles. The highest BCUT2D eigenvalue weighted by molar-refractivity contribution is 5.67. The summed E-state index contributed by atoms with van der Waals surface area (Å²) in [4.78, 5) is 10.3. The quantitative estimate of drug-likeness (QED) is 0.633. The van der Waals surface area contributed by atoms with E-state index < -0.39 is 5.97 Å². The molecule has 84 valence electrons. The lowest BCUT2D eigenvalue weighted by molar-refractivity contribution is -0.137. The number of aliphatic carboxylic acids is 1. The van der Waals surface area contributed by atoms with E-state index in [-0.39, 0.29) is 12.5 Å². The molecule has 0 aliphatic heterocycles. The molecule has 14 heavy (non-hydrogen) atoms. The highest BCUT2D eigenvalue weighted by atomic mass is 16.4. The highest BCUT2D eigenvalue weighted by Gasteiger charge is 2.09. The lowest BCUT2D eigenvalue weighted by Crippen LogP contribution is -2.24. The van der Waals surface area contributed by atoms with E-state index in [2.05, 4.69) is 13.8 Å². The van der Waals surface area contributed by atoms with Gasteiger partial charge in [-0.05, 0) is 18.8 Å². The Labute approximate surface area is 86.7 Å². The van der Waals surface area contributed by atoms with Crippen molar-refractivity contribution in [2.45, 2.75) is 58.4 Å². The number of unbranched alkanes of at least 4 members (excludes halogenated alkanes) is 1. The fraction of sp³-hybridized carbons (Fsp3) is 0.909. The molecule has 0 amide bonds. The van der Waals surface area contributed by atoms with E-state index in [1.165, 1.54) is 19.3 Å². The number of rotatable bonds is 8. The summed E-state index contributed by atoms with van der Waals surface area (Å²) < 4.78 is 0. The molecule has 0 saturated heterocycles. The van der Waals surface area contributed by atoms with Gasteiger partial charge in [0.15, 0.2) is 0 Å². The van der Waals surface area contributed by atoms with E-state index >= 15 is 0 Å². The first-order valence-electron chi connectivity index (χ1n) is 5.53. The molecular weight excluding hydrogens is 178 g/mol. The number of carbonyl (C=O) groups is 1. The second-order valence-electron chi connectivity index (χ2n) is 4.18. The standard InChI is InChI=1S/C11H23NO2/c1-3-4-5-9(2)6-7-10(12)8-11(13)14/h9-10H,3-8,12H2,1-2H3,(H,13,14)/t9-,10+/m1/s1. The number of hydrogen-bond acceptors (Lipinski definition) is 2. The van der Waals surface area contributed by atoms with Crippen LogP contribution in [0.3, 0.4) is 0 Å². The molecule has 0 unspecified atom stereocenters. The zero-order chi connectivity index (χ0) is 11.0. The third-order valence-electron chi connectivity index (χ3n) is 2.52. The van der Waals surface area contributed by atoms with Gasteiger partial charge < -0.3 is 10.8 Å². The minimum absolute atomic E-state index is 0.0977. The molecule has 0 heterocycles. The van der Waals surface area contributed by atoms with Crippen molar-refractivity contribution in [3.63, 3.8) is 0 Å². The maximum Gasteiger partial charge on any atom is 0.304 e. The number of nitrogens with two attached hydrogens (primary N) is 1. The first-order chi connectivity index (χ1) is 6.56. The van der Waals surface area contributed by atoms with Crippen molar-refractivity contribution in [3.8, 4) is 0 Å². The highest BCUT2D eigenvalue weighted by Crippen LogP contribution is 2.15. The first kappa shape index (κ1) is 13.4. The topological polar surface area (TPSA) is 63.3 Å². The van der Waals surface area contributed by atoms with Crippen molar-refractivity contribution in [2.75, 3.05) is 0 Å². The molecule has 3 nitrogen and oxygen atoms in total. The first-order valence-corrected chi connectivity index (χ1v) is 5.53. The second-order valence-corrected chi connectivity index (χ2v) is 4.18. The van der Waals surface area contributed by atoms with Gasteiger partial charge in [-0.1, -0.05) is 33.1 Å². The van der Waals surface area contributed by atoms with Crippen molar-refractivity contribution < 1.29 is 9.90 Å². The lowest BCUT2D eigenvalue weighted by Gasteiger charge is -2.13. The van der Waals surface area contributed by atoms with Crippen LogP contribution in [0.2, 0.25) is 0 Å². The molecule has 0 radical (unpaired) electrons. The van der Waals surface area contributed by atoms with Crippen molar-refractivity contribution in [2.24, 2.45) is 11.7 Å². The van der Waals surface area contributed by atoms with E-state index in [4.69, 9.17) is 10.8 Å². The Morgan fingerprint density at radius 2 is 2.00 bits per heavy atom. The minimum atomic E-state index is -0.793. The lowest BCUT2D eigenvalue weighted by atomic mass is 9.96. The summed E-state index contributed by atoms with van der Waals surface area (Å²) in [6.45, 7) is 4.39. The normalized spacial score (nSPS) is 15.1. The summed E-state index contributed by atoms with van der Waals surface area (Å²) in [6.07, 6.45) is 5.70. The summed E-state index contributed by atoms with van der Waals surface area (Å²) in [5.41, 5.74) is 5.67. The van der Waals surface area contributed by atoms with Gasteiger partial charge in [-0.2, -0.15) is 0 Å². The third kappa shape index (κ3) is 8.05. The summed E-state index contributed by atoms with van der Waals surface area (Å²) in [6, 6.07) is -0.170. The smallest absolute Gasteiger partial charge is 0.304 e. The largest absolute Gasteiger partial charge is 0.481 e. The zero-order valence-electron chi connectivity index (χ0n) is 9.33. The molecule has 0 fully saturated rings. The van der Waals surface area contributed by atoms with Gasteiger partial charge in [0.1, 0.15) is 0 Å². The van der Waals surface area contributed by atoms with Crippen LogP contribution in [0.4, 0.5) is 0 Å². The molecule has 0 aromatic carbocycles. The molecule has 0 rings (SSSR count). The predicted octanol–water partition coefficient (Wildman–Crippen LogP) is 2.39. The fourth-order valence-electron chi connectivity index (χ4n) is 1.52. The van der Waals surface area contributed by atoms with Gasteiger partial charge in [-0.3, -0.25) is 4.79 Å². The van der Waals surface area contributed by atoms with E-state index in [1.807, 2.05) is 0 Å². The van der Waals surface area contributed by atoms with Crippen molar-refractivity contribution in [1.29, 1.82) is 0 Å². The second kappa shape index (κ2) is 7.80. The van der Waals surface area contributed by atoms with Crippen molar-refractivity contribution in [3.05, 3.63) is 0 Å². The molecule has 2 atom stereocenters. The molecule has 0 aliphatic rings. The summed E-state index contributed by atoms with van der Waals surface area (Å²) >= 11 is 0. The van der Waals surface area contributed by atoms with Crippen LogP contribution in [0.25, 0.3) is 0 Å². The Morgan fingerprint density at radius 3 is 2.50 bits per heavy atom. The molecule has 0 saturated carbocycles. The van der Waals surface area contributed by atoms with Crippen LogP contribution < -0.4 is 5.73 Å². The molecular formula is C11H23NO2. The van der Waals surface area contributed by atoms with E-state index in [1.54, 1.807) is 0 Å². The van der Waals surface area contributed by atoms with E-state index in [9.17, 15) is 4.79 Å². The maximum atomic E-state index is 10.3. The van der Waals surface area contributed by atoms with Crippen molar-refractivity contribution >= 4 is 5.97 Å². The van der Waals surface area contributed by atoms with E-state index in [0.717, 1.165) is 12.8 Å². The number of carboxylic acids is 1. The Morgan fingerprint density at radius 1 is 1.36 bits per heavy atom. The van der Waals surface area contributed by atoms with Crippen LogP contribution in [0.1, 0.15) is 52.4 Å². The summed E-state index contributed by atoms with van der Waals surface area (Å²) in [5, 5.41) is 8.51. The Hall–Kier alpha value is -0.570. The van der Waals surface area contributed by atoms with Gasteiger partial charge >= 0.3 is 5.97 Å². The van der Waals surface area contributed by atoms with Crippen LogP contribution >= 0.6 is 0 Å². The Kier molecular flexibility index (Phi) is 7.48. The SMILES string of the molecule is CCCC[C@@H](C)CC[C@H](N)CC(=O)O. The Bertz CT molecular complexity index is 159. The number of hydrogen-bond donors (Lipinski definition) is 2. The molecule has 0 bridgehead atoms. The Balaban J connectivity index is 3.45. The predicted molar refractivity (Wildman–Crippen MR) is 58.2 cm³/mol. The van der Waals surface area contributed by atoms with E-state index in [0.29, 0.717) is 5.92 Å². The van der Waals surface area contributed by atoms with Crippen LogP contribution in [-0.4, -0.2) is 17.1 Å². The molecule has 0 aromatic rings. The molecule has 3 heteroatoms. The maximum absolute atomic E-state index is 10.3. The van der Waals surface area contributed by atoms with Gasteiger partial charge in [-0.25, -0.2) is 0 Å². The summed E-state index contributed by atoms with van der Waals surface area (Å²) in [7, 11) is 0. The summed E-state index contributed by atoms with van der Waals surface area (Å²) in [5.74, 6) is -0.117. The average Bonchev–Trinajstić information content (AvgIpc) is 2.10. The minimum Gasteiger partial charge on any atom is -0.481 e. The van der Waals surface area contributed by atoms with Gasteiger partial charge in [0.2, 0.25) is 0 Å². The molecule has 0 aliphatic carbocycles.